The minimum atomic E-state index is -0.0499. The zero-order valence-electron chi connectivity index (χ0n) is 20.4. The van der Waals surface area contributed by atoms with Crippen LogP contribution in [-0.2, 0) is 4.79 Å². The third kappa shape index (κ3) is 3.90. The number of aromatic nitrogens is 1. The number of amides is 1. The van der Waals surface area contributed by atoms with Crippen LogP contribution in [0.15, 0.2) is 94.4 Å². The Morgan fingerprint density at radius 3 is 2.78 bits per heavy atom. The van der Waals surface area contributed by atoms with Gasteiger partial charge in [0, 0.05) is 22.7 Å². The van der Waals surface area contributed by atoms with Crippen LogP contribution >= 0.6 is 0 Å². The number of nitrogens with two attached hydrogens (primary N) is 1. The SMILES string of the molecule is C[C@H](NC(=O)C1CCCC(C2=C3C=NC=C[N+]3(N)C(c3cc4ccccc4[nH]3)=N2)C1)c1ccccc1. The molecule has 2 aliphatic heterocycles. The summed E-state index contributed by atoms with van der Waals surface area (Å²) < 4.78 is -0.00986. The van der Waals surface area contributed by atoms with Crippen molar-refractivity contribution < 1.29 is 9.39 Å². The van der Waals surface area contributed by atoms with E-state index < -0.39 is 0 Å². The first kappa shape index (κ1) is 22.6. The van der Waals surface area contributed by atoms with Crippen LogP contribution in [0.4, 0.5) is 0 Å². The molecule has 36 heavy (non-hydrogen) atoms. The first-order valence-electron chi connectivity index (χ1n) is 12.7. The molecule has 3 heterocycles. The van der Waals surface area contributed by atoms with Crippen molar-refractivity contribution in [3.8, 4) is 0 Å². The number of nitrogens with zero attached hydrogens (tertiary/aromatic N) is 3. The lowest BCUT2D eigenvalue weighted by atomic mass is 9.79. The van der Waals surface area contributed by atoms with Gasteiger partial charge in [-0.3, -0.25) is 9.79 Å². The van der Waals surface area contributed by atoms with Crippen molar-refractivity contribution in [2.24, 2.45) is 27.7 Å². The zero-order chi connectivity index (χ0) is 24.7. The normalized spacial score (nSPS) is 26.1. The summed E-state index contributed by atoms with van der Waals surface area (Å²) in [4.78, 5) is 26.2. The number of carbonyl (C=O) groups is 1. The summed E-state index contributed by atoms with van der Waals surface area (Å²) in [5.74, 6) is 7.92. The number of hydrogen-bond donors (Lipinski definition) is 3. The van der Waals surface area contributed by atoms with Gasteiger partial charge in [0.05, 0.1) is 18.5 Å². The van der Waals surface area contributed by atoms with Crippen LogP contribution in [0.1, 0.15) is 49.9 Å². The quantitative estimate of drug-likeness (QED) is 0.352. The Hall–Kier alpha value is -3.81. The van der Waals surface area contributed by atoms with Gasteiger partial charge in [0.25, 0.3) is 5.84 Å². The third-order valence-electron chi connectivity index (χ3n) is 7.68. The van der Waals surface area contributed by atoms with Gasteiger partial charge in [0.15, 0.2) is 0 Å². The summed E-state index contributed by atoms with van der Waals surface area (Å²) >= 11 is 0. The molecular weight excluding hydrogens is 448 g/mol. The maximum Gasteiger partial charge on any atom is 0.281 e. The summed E-state index contributed by atoms with van der Waals surface area (Å²) in [6.07, 6.45) is 9.05. The zero-order valence-corrected chi connectivity index (χ0v) is 20.4. The van der Waals surface area contributed by atoms with Crippen molar-refractivity contribution in [2.45, 2.75) is 38.6 Å². The number of para-hydroxylation sites is 1. The fourth-order valence-electron chi connectivity index (χ4n) is 5.71. The Morgan fingerprint density at radius 2 is 1.94 bits per heavy atom. The average Bonchev–Trinajstić information content (AvgIpc) is 3.47. The molecule has 6 rings (SSSR count). The summed E-state index contributed by atoms with van der Waals surface area (Å²) in [6.45, 7) is 2.04. The van der Waals surface area contributed by atoms with E-state index in [9.17, 15) is 4.79 Å². The Bertz CT molecular complexity index is 1400. The van der Waals surface area contributed by atoms with Gasteiger partial charge in [-0.1, -0.05) is 55.0 Å². The minimum absolute atomic E-state index is 0.00986. The molecule has 0 bridgehead atoms. The van der Waals surface area contributed by atoms with Crippen LogP contribution in [0, 0.1) is 11.8 Å². The molecule has 3 aromatic rings. The summed E-state index contributed by atoms with van der Waals surface area (Å²) in [5.41, 5.74) is 4.89. The predicted molar refractivity (Wildman–Crippen MR) is 142 cm³/mol. The first-order valence-corrected chi connectivity index (χ1v) is 12.7. The minimum Gasteiger partial charge on any atom is -0.349 e. The third-order valence-corrected chi connectivity index (χ3v) is 7.68. The van der Waals surface area contributed by atoms with Crippen LogP contribution in [0.3, 0.4) is 0 Å². The second-order valence-electron chi connectivity index (χ2n) is 10.0. The van der Waals surface area contributed by atoms with E-state index in [1.807, 2.05) is 49.7 Å². The highest BCUT2D eigenvalue weighted by Crippen LogP contribution is 2.41. The predicted octanol–water partition coefficient (Wildman–Crippen LogP) is 5.07. The van der Waals surface area contributed by atoms with Crippen molar-refractivity contribution in [3.63, 3.8) is 0 Å². The van der Waals surface area contributed by atoms with E-state index in [0.29, 0.717) is 0 Å². The maximum atomic E-state index is 13.2. The Balaban J connectivity index is 1.27. The Morgan fingerprint density at radius 1 is 1.14 bits per heavy atom. The van der Waals surface area contributed by atoms with Gasteiger partial charge in [0.1, 0.15) is 17.6 Å². The molecule has 0 spiro atoms. The molecule has 1 aromatic heterocycles. The molecule has 3 unspecified atom stereocenters. The number of quaternary nitrogens is 1. The Kier molecular flexibility index (Phi) is 5.66. The van der Waals surface area contributed by atoms with E-state index in [-0.39, 0.29) is 28.4 Å². The number of rotatable bonds is 5. The van der Waals surface area contributed by atoms with Gasteiger partial charge in [0.2, 0.25) is 11.6 Å². The average molecular weight is 480 g/mol. The molecule has 4 N–H and O–H groups in total. The number of aromatic amines is 1. The molecule has 1 saturated carbocycles. The van der Waals surface area contributed by atoms with E-state index in [1.165, 1.54) is 0 Å². The van der Waals surface area contributed by atoms with Crippen molar-refractivity contribution in [1.29, 1.82) is 0 Å². The molecule has 2 aromatic carbocycles. The number of fused-ring (bicyclic) bond motifs is 2. The maximum absolute atomic E-state index is 13.2. The highest BCUT2D eigenvalue weighted by atomic mass is 16.1. The van der Waals surface area contributed by atoms with Crippen molar-refractivity contribution in [3.05, 3.63) is 95.7 Å². The largest absolute Gasteiger partial charge is 0.349 e. The van der Waals surface area contributed by atoms with Crippen LogP contribution < -0.4 is 11.2 Å². The monoisotopic (exact) mass is 479 g/mol. The van der Waals surface area contributed by atoms with Gasteiger partial charge >= 0.3 is 0 Å². The number of carbonyl (C=O) groups excluding carboxylic acids is 1. The van der Waals surface area contributed by atoms with Gasteiger partial charge < -0.3 is 10.3 Å². The Labute approximate surface area is 210 Å². The molecule has 1 amide bonds. The molecular formula is C29H31N6O+. The fraction of sp³-hybridized carbons (Fsp3) is 0.276. The van der Waals surface area contributed by atoms with Gasteiger partial charge in [-0.25, -0.2) is 0 Å². The van der Waals surface area contributed by atoms with E-state index in [2.05, 4.69) is 45.6 Å². The number of amidine groups is 1. The van der Waals surface area contributed by atoms with Crippen molar-refractivity contribution in [1.82, 2.24) is 10.3 Å². The first-order chi connectivity index (χ1) is 17.5. The molecule has 1 aliphatic carbocycles. The number of benzene rings is 2. The van der Waals surface area contributed by atoms with E-state index in [1.54, 1.807) is 6.20 Å². The molecule has 7 heteroatoms. The van der Waals surface area contributed by atoms with Crippen LogP contribution in [0.5, 0.6) is 0 Å². The number of H-pyrrole nitrogens is 1. The molecule has 4 atom stereocenters. The van der Waals surface area contributed by atoms with E-state index >= 15 is 0 Å². The highest BCUT2D eigenvalue weighted by Gasteiger charge is 2.47. The number of nitrogens with one attached hydrogen (secondary N) is 2. The lowest BCUT2D eigenvalue weighted by Crippen LogP contribution is -2.53. The second-order valence-corrected chi connectivity index (χ2v) is 10.0. The van der Waals surface area contributed by atoms with Crippen molar-refractivity contribution >= 4 is 28.9 Å². The topological polar surface area (TPSA) is 95.6 Å². The van der Waals surface area contributed by atoms with Gasteiger partial charge in [-0.2, -0.15) is 10.8 Å². The summed E-state index contributed by atoms with van der Waals surface area (Å²) in [7, 11) is 0. The molecule has 0 saturated heterocycles. The molecule has 1 fully saturated rings. The van der Waals surface area contributed by atoms with Gasteiger partial charge in [-0.15, -0.1) is 4.59 Å². The lowest BCUT2D eigenvalue weighted by molar-refractivity contribution is -0.750. The van der Waals surface area contributed by atoms with E-state index in [0.717, 1.165) is 65.1 Å². The number of aliphatic imine (C=N–C) groups is 2. The smallest absolute Gasteiger partial charge is 0.281 e. The molecule has 182 valence electrons. The standard InChI is InChI=1S/C29H30N6O/c1-19(20-8-3-2-4-9-20)32-29(36)23-12-7-11-22(16-23)27-26-18-31-14-15-35(26,30)28(34-27)25-17-21-10-5-6-13-24(21)33-25/h2-6,8-10,13-15,17-19,22-23H,7,11-12,16,30H2,1H3,(H-,31,32,33,34,36)/p+1/t19-,22?,23?,35?/m0/s1. The summed E-state index contributed by atoms with van der Waals surface area (Å²) in [6, 6.07) is 20.3. The fourth-order valence-corrected chi connectivity index (χ4v) is 5.71. The lowest BCUT2D eigenvalue weighted by Gasteiger charge is -2.30. The molecule has 7 nitrogen and oxygen atoms in total. The molecule has 3 aliphatic rings. The molecule has 0 radical (unpaired) electrons. The van der Waals surface area contributed by atoms with Crippen LogP contribution in [-0.4, -0.2) is 27.5 Å². The van der Waals surface area contributed by atoms with Crippen LogP contribution in [0.25, 0.3) is 10.9 Å². The highest BCUT2D eigenvalue weighted by molar-refractivity contribution is 6.02. The van der Waals surface area contributed by atoms with Crippen molar-refractivity contribution in [2.75, 3.05) is 0 Å². The second kappa shape index (κ2) is 9.00. The number of allylic oxidation sites excluding steroid dienone is 2. The summed E-state index contributed by atoms with van der Waals surface area (Å²) in [5, 5.41) is 4.35. The van der Waals surface area contributed by atoms with E-state index in [4.69, 9.17) is 10.8 Å². The number of hydrogen-bond acceptors (Lipinski definition) is 4. The van der Waals surface area contributed by atoms with Gasteiger partial charge in [-0.05, 0) is 43.9 Å². The van der Waals surface area contributed by atoms with Crippen LogP contribution in [0.2, 0.25) is 0 Å².